The van der Waals surface area contributed by atoms with Gasteiger partial charge in [-0.1, -0.05) is 72.8 Å². The van der Waals surface area contributed by atoms with Crippen molar-refractivity contribution in [3.8, 4) is 28.4 Å². The first-order valence-electron chi connectivity index (χ1n) is 18.3. The Labute approximate surface area is 319 Å². The average Bonchev–Trinajstić information content (AvgIpc) is 3.91. The lowest BCUT2D eigenvalue weighted by Crippen LogP contribution is -2.24. The highest BCUT2D eigenvalue weighted by molar-refractivity contribution is 6.10. The highest BCUT2D eigenvalue weighted by Gasteiger charge is 2.30. The first-order valence-corrected chi connectivity index (χ1v) is 18.3. The number of nitrogens with zero attached hydrogens (tertiary/aromatic N) is 4. The SMILES string of the molecule is Fc1ccc(N2CN(c3cc(Oc4ccc5c6ccccc6n(-c6ccccn6)c5c4)cc(-c4cccc5c4oc4ccccc45)c3)c3ccccc32)c(F)c1. The molecule has 0 fully saturated rings. The van der Waals surface area contributed by atoms with Crippen LogP contribution in [0.5, 0.6) is 11.5 Å². The first kappa shape index (κ1) is 32.0. The van der Waals surface area contributed by atoms with E-state index in [1.54, 1.807) is 6.20 Å². The molecule has 0 N–H and O–H groups in total. The minimum atomic E-state index is -0.630. The van der Waals surface area contributed by atoms with E-state index >= 15 is 4.39 Å². The second-order valence-electron chi connectivity index (χ2n) is 13.9. The summed E-state index contributed by atoms with van der Waals surface area (Å²) in [6.07, 6.45) is 1.80. The number of anilines is 4. The van der Waals surface area contributed by atoms with Gasteiger partial charge >= 0.3 is 0 Å². The summed E-state index contributed by atoms with van der Waals surface area (Å²) in [4.78, 5) is 8.68. The van der Waals surface area contributed by atoms with Gasteiger partial charge in [0, 0.05) is 57.2 Å². The summed E-state index contributed by atoms with van der Waals surface area (Å²) >= 11 is 0. The van der Waals surface area contributed by atoms with Gasteiger partial charge in [-0.3, -0.25) is 4.57 Å². The fourth-order valence-corrected chi connectivity index (χ4v) is 8.15. The monoisotopic (exact) mass is 732 g/mol. The molecule has 1 aliphatic heterocycles. The second-order valence-corrected chi connectivity index (χ2v) is 13.9. The Morgan fingerprint density at radius 1 is 0.554 bits per heavy atom. The number of para-hydroxylation sites is 5. The number of aromatic nitrogens is 2. The standard InChI is InChI=1S/C48H30F2N4O2/c49-31-19-22-42(40(50)26-31)53-29-52(43-15-4-5-16-44(43)53)32-24-30(35-12-9-13-39-38-11-2-6-17-46(38)56-48(35)39)25-34(27-32)55-33-20-21-37-36-10-1-3-14-41(36)54(45(37)28-33)47-18-7-8-23-51-47/h1-28H,29H2. The van der Waals surface area contributed by atoms with Gasteiger partial charge in [-0.25, -0.2) is 13.8 Å². The zero-order valence-corrected chi connectivity index (χ0v) is 29.7. The minimum Gasteiger partial charge on any atom is -0.457 e. The number of furan rings is 1. The maximum Gasteiger partial charge on any atom is 0.149 e. The predicted octanol–water partition coefficient (Wildman–Crippen LogP) is 13.1. The lowest BCUT2D eigenvalue weighted by atomic mass is 10.0. The topological polar surface area (TPSA) is 46.7 Å². The fraction of sp³-hybridized carbons (Fsp3) is 0.0208. The summed E-state index contributed by atoms with van der Waals surface area (Å²) < 4.78 is 44.9. The van der Waals surface area contributed by atoms with Crippen LogP contribution in [0.15, 0.2) is 174 Å². The predicted molar refractivity (Wildman–Crippen MR) is 220 cm³/mol. The number of hydrogen-bond donors (Lipinski definition) is 0. The van der Waals surface area contributed by atoms with Gasteiger partial charge in [-0.05, 0) is 78.4 Å². The molecule has 0 saturated carbocycles. The van der Waals surface area contributed by atoms with E-state index in [9.17, 15) is 4.39 Å². The van der Waals surface area contributed by atoms with Crippen molar-refractivity contribution in [3.05, 3.63) is 182 Å². The molecular weight excluding hydrogens is 703 g/mol. The smallest absolute Gasteiger partial charge is 0.149 e. The molecule has 11 rings (SSSR count). The van der Waals surface area contributed by atoms with Crippen LogP contribution >= 0.6 is 0 Å². The molecule has 0 amide bonds. The van der Waals surface area contributed by atoms with Crippen molar-refractivity contribution in [3.63, 3.8) is 0 Å². The summed E-state index contributed by atoms with van der Waals surface area (Å²) in [5, 5.41) is 4.27. The van der Waals surface area contributed by atoms with Crippen LogP contribution in [0.1, 0.15) is 0 Å². The molecule has 268 valence electrons. The quantitative estimate of drug-likeness (QED) is 0.170. The average molecular weight is 733 g/mol. The minimum absolute atomic E-state index is 0.287. The number of ether oxygens (including phenoxy) is 1. The van der Waals surface area contributed by atoms with Gasteiger partial charge in [0.25, 0.3) is 0 Å². The van der Waals surface area contributed by atoms with Crippen LogP contribution in [0.4, 0.5) is 31.5 Å². The Balaban J connectivity index is 1.08. The van der Waals surface area contributed by atoms with Gasteiger partial charge in [0.1, 0.15) is 46.8 Å². The van der Waals surface area contributed by atoms with Crippen LogP contribution in [0.3, 0.4) is 0 Å². The van der Waals surface area contributed by atoms with E-state index < -0.39 is 11.6 Å². The number of halogens is 2. The summed E-state index contributed by atoms with van der Waals surface area (Å²) in [5.74, 6) is 0.820. The van der Waals surface area contributed by atoms with Gasteiger partial charge in [0.05, 0.1) is 28.1 Å². The molecule has 0 spiro atoms. The summed E-state index contributed by atoms with van der Waals surface area (Å²) in [7, 11) is 0. The van der Waals surface area contributed by atoms with E-state index in [2.05, 4.69) is 58.0 Å². The molecule has 56 heavy (non-hydrogen) atoms. The molecule has 0 radical (unpaired) electrons. The molecule has 0 bridgehead atoms. The molecule has 4 heterocycles. The molecule has 7 aromatic carbocycles. The Hall–Kier alpha value is -7.45. The number of rotatable bonds is 6. The van der Waals surface area contributed by atoms with E-state index in [1.807, 2.05) is 102 Å². The fourth-order valence-electron chi connectivity index (χ4n) is 8.15. The van der Waals surface area contributed by atoms with Crippen molar-refractivity contribution < 1.29 is 17.9 Å². The van der Waals surface area contributed by atoms with Crippen molar-refractivity contribution in [2.75, 3.05) is 16.5 Å². The Morgan fingerprint density at radius 2 is 1.32 bits per heavy atom. The highest BCUT2D eigenvalue weighted by Crippen LogP contribution is 2.47. The molecule has 10 aromatic rings. The van der Waals surface area contributed by atoms with Crippen molar-refractivity contribution >= 4 is 66.5 Å². The molecule has 0 atom stereocenters. The van der Waals surface area contributed by atoms with Crippen LogP contribution in [0, 0.1) is 11.6 Å². The second kappa shape index (κ2) is 12.6. The zero-order chi connectivity index (χ0) is 37.3. The van der Waals surface area contributed by atoms with Crippen LogP contribution in [0.25, 0.3) is 60.7 Å². The molecule has 0 unspecified atom stereocenters. The Bertz CT molecular complexity index is 3160. The van der Waals surface area contributed by atoms with E-state index in [0.29, 0.717) is 11.5 Å². The normalized spacial score (nSPS) is 12.7. The van der Waals surface area contributed by atoms with Crippen LogP contribution in [-0.4, -0.2) is 16.2 Å². The zero-order valence-electron chi connectivity index (χ0n) is 29.7. The maximum absolute atomic E-state index is 15.3. The van der Waals surface area contributed by atoms with Crippen molar-refractivity contribution in [2.45, 2.75) is 0 Å². The van der Waals surface area contributed by atoms with Gasteiger partial charge in [0.2, 0.25) is 0 Å². The van der Waals surface area contributed by atoms with Crippen molar-refractivity contribution in [1.29, 1.82) is 0 Å². The molecule has 0 aliphatic carbocycles. The molecule has 0 saturated heterocycles. The number of hydrogen-bond acceptors (Lipinski definition) is 5. The summed E-state index contributed by atoms with van der Waals surface area (Å²) in [6.45, 7) is 0.287. The third-order valence-corrected chi connectivity index (χ3v) is 10.6. The van der Waals surface area contributed by atoms with Gasteiger partial charge in [-0.2, -0.15) is 0 Å². The molecule has 3 aromatic heterocycles. The molecule has 6 nitrogen and oxygen atoms in total. The maximum atomic E-state index is 15.3. The molecular formula is C48H30F2N4O2. The lowest BCUT2D eigenvalue weighted by Gasteiger charge is -2.23. The van der Waals surface area contributed by atoms with E-state index in [0.717, 1.165) is 83.8 Å². The van der Waals surface area contributed by atoms with Crippen LogP contribution in [-0.2, 0) is 0 Å². The summed E-state index contributed by atoms with van der Waals surface area (Å²) in [6, 6.07) is 52.3. The number of benzene rings is 7. The Kier molecular flexibility index (Phi) is 7.19. The third kappa shape index (κ3) is 5.10. The van der Waals surface area contributed by atoms with E-state index in [-0.39, 0.29) is 12.4 Å². The number of fused-ring (bicyclic) bond motifs is 7. The van der Waals surface area contributed by atoms with Crippen molar-refractivity contribution in [1.82, 2.24) is 9.55 Å². The van der Waals surface area contributed by atoms with E-state index in [1.165, 1.54) is 12.1 Å². The van der Waals surface area contributed by atoms with Crippen LogP contribution in [0.2, 0.25) is 0 Å². The van der Waals surface area contributed by atoms with Gasteiger partial charge < -0.3 is 19.0 Å². The van der Waals surface area contributed by atoms with Gasteiger partial charge in [-0.15, -0.1) is 0 Å². The highest BCUT2D eigenvalue weighted by atomic mass is 19.1. The molecule has 8 heteroatoms. The Morgan fingerprint density at radius 3 is 2.18 bits per heavy atom. The largest absolute Gasteiger partial charge is 0.457 e. The molecule has 1 aliphatic rings. The van der Waals surface area contributed by atoms with Gasteiger partial charge in [0.15, 0.2) is 0 Å². The third-order valence-electron chi connectivity index (χ3n) is 10.6. The van der Waals surface area contributed by atoms with E-state index in [4.69, 9.17) is 14.1 Å². The van der Waals surface area contributed by atoms with Crippen molar-refractivity contribution in [2.24, 2.45) is 0 Å². The number of pyridine rings is 1. The summed E-state index contributed by atoms with van der Waals surface area (Å²) in [5.41, 5.74) is 8.19. The van der Waals surface area contributed by atoms with Crippen LogP contribution < -0.4 is 14.5 Å². The lowest BCUT2D eigenvalue weighted by molar-refractivity contribution is 0.483. The first-order chi connectivity index (χ1) is 27.6.